The topological polar surface area (TPSA) is 43.7 Å². The largest absolute Gasteiger partial charge is 0.508 e. The number of aliphatic hydroxyl groups excluding tert-OH is 1. The van der Waals surface area contributed by atoms with Crippen LogP contribution >= 0.6 is 0 Å². The van der Waals surface area contributed by atoms with E-state index >= 15 is 0 Å². The zero-order valence-corrected chi connectivity index (χ0v) is 9.47. The van der Waals surface area contributed by atoms with Gasteiger partial charge in [-0.15, -0.1) is 0 Å². The molecule has 1 aromatic rings. The lowest BCUT2D eigenvalue weighted by Crippen LogP contribution is -2.41. The van der Waals surface area contributed by atoms with Crippen LogP contribution in [0.25, 0.3) is 0 Å². The van der Waals surface area contributed by atoms with Gasteiger partial charge in [-0.2, -0.15) is 0 Å². The van der Waals surface area contributed by atoms with Crippen LogP contribution in [0.1, 0.15) is 24.8 Å². The maximum absolute atomic E-state index is 9.40. The van der Waals surface area contributed by atoms with Gasteiger partial charge < -0.3 is 10.2 Å². The normalized spacial score (nSPS) is 22.2. The van der Waals surface area contributed by atoms with E-state index < -0.39 is 0 Å². The van der Waals surface area contributed by atoms with Crippen molar-refractivity contribution in [3.8, 4) is 5.75 Å². The molecule has 2 rings (SSSR count). The Balaban J connectivity index is 2.02. The van der Waals surface area contributed by atoms with E-state index in [4.69, 9.17) is 0 Å². The highest BCUT2D eigenvalue weighted by atomic mass is 16.3. The van der Waals surface area contributed by atoms with Crippen LogP contribution in [0.2, 0.25) is 0 Å². The maximum atomic E-state index is 9.40. The number of piperidine rings is 1. The molecule has 3 nitrogen and oxygen atoms in total. The van der Waals surface area contributed by atoms with Crippen molar-refractivity contribution >= 4 is 0 Å². The number of phenolic OH excluding ortho intramolecular Hbond substituents is 1. The van der Waals surface area contributed by atoms with Crippen LogP contribution in [0.4, 0.5) is 0 Å². The van der Waals surface area contributed by atoms with Crippen LogP contribution in [-0.4, -0.2) is 34.3 Å². The van der Waals surface area contributed by atoms with Gasteiger partial charge in [-0.05, 0) is 37.1 Å². The average molecular weight is 221 g/mol. The van der Waals surface area contributed by atoms with E-state index in [2.05, 4.69) is 4.90 Å². The van der Waals surface area contributed by atoms with E-state index in [1.165, 1.54) is 12.8 Å². The molecule has 1 aromatic carbocycles. The molecule has 0 saturated carbocycles. The molecule has 2 N–H and O–H groups in total. The lowest BCUT2D eigenvalue weighted by Gasteiger charge is -2.34. The molecule has 1 aliphatic rings. The standard InChI is InChI=1S/C13H19NO2/c15-10-12-5-1-2-7-14(12)9-11-4-3-6-13(16)8-11/h3-4,6,8,12,15-16H,1-2,5,7,9-10H2. The van der Waals surface area contributed by atoms with E-state index in [0.717, 1.165) is 25.1 Å². The lowest BCUT2D eigenvalue weighted by atomic mass is 10.0. The molecule has 16 heavy (non-hydrogen) atoms. The molecule has 1 heterocycles. The average Bonchev–Trinajstić information content (AvgIpc) is 2.30. The second kappa shape index (κ2) is 5.32. The molecule has 1 aliphatic heterocycles. The highest BCUT2D eigenvalue weighted by molar-refractivity contribution is 5.27. The Bertz CT molecular complexity index is 340. The first kappa shape index (κ1) is 11.4. The molecule has 1 unspecified atom stereocenters. The Morgan fingerprint density at radius 2 is 2.19 bits per heavy atom. The van der Waals surface area contributed by atoms with Gasteiger partial charge >= 0.3 is 0 Å². The fourth-order valence-corrected chi connectivity index (χ4v) is 2.36. The first-order valence-electron chi connectivity index (χ1n) is 5.92. The SMILES string of the molecule is OCC1CCCCN1Cc1cccc(O)c1. The molecule has 1 saturated heterocycles. The molecule has 1 atom stereocenters. The number of aromatic hydroxyl groups is 1. The zero-order valence-electron chi connectivity index (χ0n) is 9.47. The molecule has 0 amide bonds. The Labute approximate surface area is 96.3 Å². The number of phenols is 1. The predicted octanol–water partition coefficient (Wildman–Crippen LogP) is 1.74. The molecule has 1 fully saturated rings. The van der Waals surface area contributed by atoms with E-state index in [-0.39, 0.29) is 12.6 Å². The summed E-state index contributed by atoms with van der Waals surface area (Å²) in [4.78, 5) is 2.30. The van der Waals surface area contributed by atoms with E-state index in [1.54, 1.807) is 12.1 Å². The van der Waals surface area contributed by atoms with Gasteiger partial charge in [-0.25, -0.2) is 0 Å². The molecular formula is C13H19NO2. The highest BCUT2D eigenvalue weighted by Gasteiger charge is 2.21. The number of aliphatic hydroxyl groups is 1. The second-order valence-corrected chi connectivity index (χ2v) is 4.47. The molecule has 0 bridgehead atoms. The second-order valence-electron chi connectivity index (χ2n) is 4.47. The van der Waals surface area contributed by atoms with Gasteiger partial charge in [-0.1, -0.05) is 18.6 Å². The third-order valence-corrected chi connectivity index (χ3v) is 3.26. The van der Waals surface area contributed by atoms with Crippen molar-refractivity contribution < 1.29 is 10.2 Å². The van der Waals surface area contributed by atoms with E-state index in [9.17, 15) is 10.2 Å². The van der Waals surface area contributed by atoms with Crippen LogP contribution in [-0.2, 0) is 6.54 Å². The van der Waals surface area contributed by atoms with Crippen molar-refractivity contribution in [3.05, 3.63) is 29.8 Å². The first-order chi connectivity index (χ1) is 7.79. The summed E-state index contributed by atoms with van der Waals surface area (Å²) in [6, 6.07) is 7.65. The van der Waals surface area contributed by atoms with Gasteiger partial charge in [0, 0.05) is 12.6 Å². The number of hydrogen-bond acceptors (Lipinski definition) is 3. The highest BCUT2D eigenvalue weighted by Crippen LogP contribution is 2.20. The van der Waals surface area contributed by atoms with Gasteiger partial charge in [-0.3, -0.25) is 4.90 Å². The molecule has 0 radical (unpaired) electrons. The van der Waals surface area contributed by atoms with Crippen molar-refractivity contribution in [2.75, 3.05) is 13.2 Å². The number of likely N-dealkylation sites (tertiary alicyclic amines) is 1. The molecule has 0 spiro atoms. The monoisotopic (exact) mass is 221 g/mol. The number of benzene rings is 1. The fraction of sp³-hybridized carbons (Fsp3) is 0.538. The minimum atomic E-state index is 0.235. The Kier molecular flexibility index (Phi) is 3.80. The molecule has 0 aromatic heterocycles. The van der Waals surface area contributed by atoms with Crippen molar-refractivity contribution in [3.63, 3.8) is 0 Å². The first-order valence-corrected chi connectivity index (χ1v) is 5.92. The van der Waals surface area contributed by atoms with Crippen LogP contribution in [0.5, 0.6) is 5.75 Å². The zero-order chi connectivity index (χ0) is 11.4. The van der Waals surface area contributed by atoms with Gasteiger partial charge in [0.2, 0.25) is 0 Å². The smallest absolute Gasteiger partial charge is 0.115 e. The van der Waals surface area contributed by atoms with Crippen LogP contribution < -0.4 is 0 Å². The summed E-state index contributed by atoms with van der Waals surface area (Å²) in [5.41, 5.74) is 1.11. The van der Waals surface area contributed by atoms with Crippen LogP contribution in [0, 0.1) is 0 Å². The summed E-state index contributed by atoms with van der Waals surface area (Å²) in [5.74, 6) is 0.315. The third kappa shape index (κ3) is 2.74. The van der Waals surface area contributed by atoms with Gasteiger partial charge in [0.15, 0.2) is 0 Å². The number of nitrogens with zero attached hydrogens (tertiary/aromatic N) is 1. The lowest BCUT2D eigenvalue weighted by molar-refractivity contribution is 0.0841. The van der Waals surface area contributed by atoms with Crippen molar-refractivity contribution in [1.29, 1.82) is 0 Å². The summed E-state index contributed by atoms with van der Waals surface area (Å²) in [6.07, 6.45) is 3.49. The van der Waals surface area contributed by atoms with Crippen LogP contribution in [0.3, 0.4) is 0 Å². The quantitative estimate of drug-likeness (QED) is 0.817. The summed E-state index contributed by atoms with van der Waals surface area (Å²) < 4.78 is 0. The van der Waals surface area contributed by atoms with Crippen LogP contribution in [0.15, 0.2) is 24.3 Å². The van der Waals surface area contributed by atoms with Crippen molar-refractivity contribution in [2.24, 2.45) is 0 Å². The predicted molar refractivity (Wildman–Crippen MR) is 63.2 cm³/mol. The molecule has 88 valence electrons. The Hall–Kier alpha value is -1.06. The number of rotatable bonds is 3. The Morgan fingerprint density at radius 1 is 1.31 bits per heavy atom. The maximum Gasteiger partial charge on any atom is 0.115 e. The number of hydrogen-bond donors (Lipinski definition) is 2. The third-order valence-electron chi connectivity index (χ3n) is 3.26. The van der Waals surface area contributed by atoms with E-state index in [0.29, 0.717) is 5.75 Å². The summed E-state index contributed by atoms with van der Waals surface area (Å²) in [5, 5.41) is 18.7. The van der Waals surface area contributed by atoms with Gasteiger partial charge in [0.25, 0.3) is 0 Å². The van der Waals surface area contributed by atoms with Gasteiger partial charge in [0.05, 0.1) is 6.61 Å². The van der Waals surface area contributed by atoms with E-state index in [1.807, 2.05) is 12.1 Å². The molecule has 0 aliphatic carbocycles. The minimum Gasteiger partial charge on any atom is -0.508 e. The molecular weight excluding hydrogens is 202 g/mol. The molecule has 3 heteroatoms. The van der Waals surface area contributed by atoms with Crippen molar-refractivity contribution in [1.82, 2.24) is 4.90 Å². The fourth-order valence-electron chi connectivity index (χ4n) is 2.36. The summed E-state index contributed by atoms with van der Waals surface area (Å²) >= 11 is 0. The summed E-state index contributed by atoms with van der Waals surface area (Å²) in [6.45, 7) is 2.10. The Morgan fingerprint density at radius 3 is 2.94 bits per heavy atom. The summed E-state index contributed by atoms with van der Waals surface area (Å²) in [7, 11) is 0. The minimum absolute atomic E-state index is 0.235. The van der Waals surface area contributed by atoms with Crippen molar-refractivity contribution in [2.45, 2.75) is 31.8 Å². The van der Waals surface area contributed by atoms with Gasteiger partial charge in [0.1, 0.15) is 5.75 Å².